The van der Waals surface area contributed by atoms with Crippen LogP contribution in [-0.4, -0.2) is 40.1 Å². The van der Waals surface area contributed by atoms with E-state index in [-0.39, 0.29) is 24.6 Å². The topological polar surface area (TPSA) is 84.9 Å². The van der Waals surface area contributed by atoms with Crippen molar-refractivity contribution in [2.75, 3.05) is 24.0 Å². The molecule has 184 valence electrons. The number of carbonyl (C=O) groups excluding carboxylic acids is 1. The van der Waals surface area contributed by atoms with Crippen molar-refractivity contribution in [3.05, 3.63) is 96.6 Å². The molecule has 0 spiro atoms. The van der Waals surface area contributed by atoms with E-state index < -0.39 is 22.0 Å². The van der Waals surface area contributed by atoms with E-state index >= 15 is 0 Å². The minimum Gasteiger partial charge on any atom is -0.491 e. The second kappa shape index (κ2) is 9.91. The van der Waals surface area contributed by atoms with Gasteiger partial charge in [0.2, 0.25) is 0 Å². The van der Waals surface area contributed by atoms with E-state index in [1.54, 1.807) is 42.5 Å². The number of amides is 1. The minimum absolute atomic E-state index is 0.135. The summed E-state index contributed by atoms with van der Waals surface area (Å²) in [7, 11) is -3.89. The molecule has 8 heteroatoms. The first-order valence-electron chi connectivity index (χ1n) is 11.7. The fraction of sp³-hybridized carbons (Fsp3) is 0.179. The van der Waals surface area contributed by atoms with Gasteiger partial charge in [-0.15, -0.1) is 0 Å². The highest BCUT2D eigenvalue weighted by Gasteiger charge is 2.37. The molecular weight excluding hydrogens is 476 g/mol. The molecular formula is C28H26N2O5S. The quantitative estimate of drug-likeness (QED) is 0.381. The summed E-state index contributed by atoms with van der Waals surface area (Å²) in [5.41, 5.74) is 1.31. The van der Waals surface area contributed by atoms with Gasteiger partial charge in [0.05, 0.1) is 23.7 Å². The van der Waals surface area contributed by atoms with Crippen molar-refractivity contribution in [2.24, 2.45) is 0 Å². The van der Waals surface area contributed by atoms with Gasteiger partial charge in [-0.1, -0.05) is 60.7 Å². The third-order valence-electron chi connectivity index (χ3n) is 6.02. The summed E-state index contributed by atoms with van der Waals surface area (Å²) in [4.78, 5) is 13.1. The van der Waals surface area contributed by atoms with Crippen LogP contribution in [-0.2, 0) is 14.8 Å². The van der Waals surface area contributed by atoms with E-state index in [9.17, 15) is 13.2 Å². The number of fused-ring (bicyclic) bond motifs is 2. The molecule has 0 fully saturated rings. The Morgan fingerprint density at radius 1 is 1.00 bits per heavy atom. The van der Waals surface area contributed by atoms with Gasteiger partial charge in [-0.3, -0.25) is 9.10 Å². The van der Waals surface area contributed by atoms with Crippen LogP contribution < -0.4 is 19.1 Å². The van der Waals surface area contributed by atoms with Crippen LogP contribution in [0.4, 0.5) is 5.69 Å². The molecule has 7 nitrogen and oxygen atoms in total. The van der Waals surface area contributed by atoms with Crippen LogP contribution in [0.25, 0.3) is 10.8 Å². The normalized spacial score (nSPS) is 15.1. The van der Waals surface area contributed by atoms with Gasteiger partial charge in [-0.05, 0) is 48.2 Å². The number of rotatable bonds is 7. The number of benzene rings is 4. The van der Waals surface area contributed by atoms with Crippen molar-refractivity contribution in [1.82, 2.24) is 5.32 Å². The molecule has 0 saturated carbocycles. The Bertz CT molecular complexity index is 1500. The number of anilines is 1. The zero-order valence-electron chi connectivity index (χ0n) is 19.8. The summed E-state index contributed by atoms with van der Waals surface area (Å²) < 4.78 is 40.0. The van der Waals surface area contributed by atoms with Gasteiger partial charge >= 0.3 is 0 Å². The van der Waals surface area contributed by atoms with E-state index in [4.69, 9.17) is 9.47 Å². The first-order chi connectivity index (χ1) is 17.4. The molecule has 36 heavy (non-hydrogen) atoms. The van der Waals surface area contributed by atoms with Gasteiger partial charge in [-0.2, -0.15) is 0 Å². The zero-order chi connectivity index (χ0) is 25.1. The highest BCUT2D eigenvalue weighted by molar-refractivity contribution is 7.92. The van der Waals surface area contributed by atoms with E-state index in [0.717, 1.165) is 22.1 Å². The van der Waals surface area contributed by atoms with Crippen molar-refractivity contribution in [1.29, 1.82) is 0 Å². The number of hydrogen-bond donors (Lipinski definition) is 1. The van der Waals surface area contributed by atoms with Crippen molar-refractivity contribution in [3.8, 4) is 11.5 Å². The van der Waals surface area contributed by atoms with Crippen molar-refractivity contribution < 1.29 is 22.7 Å². The largest absolute Gasteiger partial charge is 0.491 e. The molecule has 5 rings (SSSR count). The Balaban J connectivity index is 1.29. The molecule has 0 unspecified atom stereocenters. The maximum Gasteiger partial charge on any atom is 0.264 e. The Kier molecular flexibility index (Phi) is 6.52. The zero-order valence-corrected chi connectivity index (χ0v) is 20.6. The third kappa shape index (κ3) is 4.72. The maximum absolute atomic E-state index is 13.5. The number of nitrogens with one attached hydrogen (secondary N) is 1. The van der Waals surface area contributed by atoms with Crippen molar-refractivity contribution >= 4 is 32.4 Å². The van der Waals surface area contributed by atoms with E-state index in [0.29, 0.717) is 11.4 Å². The molecule has 1 N–H and O–H groups in total. The lowest BCUT2D eigenvalue weighted by Gasteiger charge is -2.35. The highest BCUT2D eigenvalue weighted by atomic mass is 32.2. The van der Waals surface area contributed by atoms with Crippen molar-refractivity contribution in [3.63, 3.8) is 0 Å². The summed E-state index contributed by atoms with van der Waals surface area (Å²) in [6.45, 7) is 2.24. The molecule has 0 saturated heterocycles. The molecule has 0 bridgehead atoms. The predicted molar refractivity (Wildman–Crippen MR) is 139 cm³/mol. The molecule has 1 aliphatic heterocycles. The van der Waals surface area contributed by atoms with E-state index in [1.807, 2.05) is 55.5 Å². The molecule has 4 aromatic rings. The average Bonchev–Trinajstić information content (AvgIpc) is 2.91. The third-order valence-corrected chi connectivity index (χ3v) is 7.81. The molecule has 1 aliphatic rings. The Hall–Kier alpha value is -4.04. The summed E-state index contributed by atoms with van der Waals surface area (Å²) in [6.07, 6.45) is -1.00. The summed E-state index contributed by atoms with van der Waals surface area (Å²) in [5, 5.41) is 4.88. The van der Waals surface area contributed by atoms with Crippen LogP contribution in [0.15, 0.2) is 95.9 Å². The van der Waals surface area contributed by atoms with Crippen molar-refractivity contribution in [2.45, 2.75) is 17.9 Å². The van der Waals surface area contributed by atoms with Crippen LogP contribution in [0.5, 0.6) is 11.5 Å². The van der Waals surface area contributed by atoms with Gasteiger partial charge < -0.3 is 14.8 Å². The van der Waals surface area contributed by atoms with Gasteiger partial charge in [-0.25, -0.2) is 8.42 Å². The minimum atomic E-state index is -3.89. The SMILES string of the molecule is Cc1ccc2c(c1)N(S(=O)(=O)c1ccccc1)C[C@H](C(=O)NCCOc1cccc3ccccc13)O2. The number of sulfonamides is 1. The Morgan fingerprint density at radius 3 is 2.58 bits per heavy atom. The summed E-state index contributed by atoms with van der Waals surface area (Å²) >= 11 is 0. The lowest BCUT2D eigenvalue weighted by Crippen LogP contribution is -2.51. The fourth-order valence-corrected chi connectivity index (χ4v) is 5.70. The summed E-state index contributed by atoms with van der Waals surface area (Å²) in [6, 6.07) is 27.2. The highest BCUT2D eigenvalue weighted by Crippen LogP contribution is 2.37. The van der Waals surface area contributed by atoms with Gasteiger partial charge in [0.15, 0.2) is 6.10 Å². The monoisotopic (exact) mass is 502 g/mol. The first-order valence-corrected chi connectivity index (χ1v) is 13.1. The lowest BCUT2D eigenvalue weighted by atomic mass is 10.1. The van der Waals surface area contributed by atoms with Gasteiger partial charge in [0, 0.05) is 5.39 Å². The number of nitrogens with zero attached hydrogens (tertiary/aromatic N) is 1. The van der Waals surface area contributed by atoms with Crippen LogP contribution in [0.1, 0.15) is 5.56 Å². The molecule has 4 aromatic carbocycles. The lowest BCUT2D eigenvalue weighted by molar-refractivity contribution is -0.127. The fourth-order valence-electron chi connectivity index (χ4n) is 4.22. The summed E-state index contributed by atoms with van der Waals surface area (Å²) in [5.74, 6) is 0.676. The molecule has 1 heterocycles. The molecule has 1 atom stereocenters. The molecule has 0 aliphatic carbocycles. The van der Waals surface area contributed by atoms with Gasteiger partial charge in [0.25, 0.3) is 15.9 Å². The second-order valence-corrected chi connectivity index (χ2v) is 10.4. The van der Waals surface area contributed by atoms with E-state index in [2.05, 4.69) is 5.32 Å². The maximum atomic E-state index is 13.5. The van der Waals surface area contributed by atoms with E-state index in [1.165, 1.54) is 4.31 Å². The Morgan fingerprint density at radius 2 is 1.75 bits per heavy atom. The average molecular weight is 503 g/mol. The smallest absolute Gasteiger partial charge is 0.264 e. The molecule has 1 amide bonds. The van der Waals surface area contributed by atoms with Crippen LogP contribution in [0, 0.1) is 6.92 Å². The number of ether oxygens (including phenoxy) is 2. The van der Waals surface area contributed by atoms with Gasteiger partial charge in [0.1, 0.15) is 18.1 Å². The standard InChI is InChI=1S/C28H26N2O5S/c1-20-14-15-26-24(18-20)30(36(32,33)22-10-3-2-4-11-22)19-27(35-26)28(31)29-16-17-34-25-13-7-9-21-8-5-6-12-23(21)25/h2-15,18,27H,16-17,19H2,1H3,(H,29,31)/t27-/m1/s1. The molecule has 0 radical (unpaired) electrons. The van der Waals surface area contributed by atoms with Crippen LogP contribution >= 0.6 is 0 Å². The number of carbonyl (C=O) groups is 1. The van der Waals surface area contributed by atoms with Crippen LogP contribution in [0.3, 0.4) is 0 Å². The first kappa shape index (κ1) is 23.7. The second-order valence-electron chi connectivity index (χ2n) is 8.54. The predicted octanol–water partition coefficient (Wildman–Crippen LogP) is 4.30. The molecule has 0 aromatic heterocycles. The number of hydrogen-bond acceptors (Lipinski definition) is 5. The van der Waals surface area contributed by atoms with Crippen LogP contribution in [0.2, 0.25) is 0 Å². The Labute approximate surface area is 210 Å². The number of aryl methyl sites for hydroxylation is 1.